The minimum Gasteiger partial charge on any atom is -0.385 e. The Morgan fingerprint density at radius 2 is 1.89 bits per heavy atom. The molecule has 0 bridgehead atoms. The molecule has 0 aliphatic carbocycles. The molecule has 37 heavy (non-hydrogen) atoms. The predicted octanol–water partition coefficient (Wildman–Crippen LogP) is 5.82. The molecule has 0 radical (unpaired) electrons. The molecule has 2 heterocycles. The molecule has 1 aliphatic rings. The lowest BCUT2D eigenvalue weighted by Gasteiger charge is -2.16. The number of anilines is 3. The summed E-state index contributed by atoms with van der Waals surface area (Å²) in [5.74, 6) is -0.149. The molecule has 0 fully saturated rings. The number of carbonyl (C=O) groups excluding carboxylic acids is 1. The number of hydrogen-bond acceptors (Lipinski definition) is 6. The summed E-state index contributed by atoms with van der Waals surface area (Å²) in [7, 11) is 1.59. The molecule has 0 saturated carbocycles. The SMILES string of the molecule is CCNc1cccc(F)c1C1=NCc2cnc(Nc3ccc(C(=O)NC)cc3)nc2-c2ccc(Cl)cc21. The molecule has 1 aliphatic heterocycles. The van der Waals surface area contributed by atoms with Crippen molar-refractivity contribution >= 4 is 40.5 Å². The highest BCUT2D eigenvalue weighted by atomic mass is 35.5. The fourth-order valence-electron chi connectivity index (χ4n) is 4.28. The fourth-order valence-corrected chi connectivity index (χ4v) is 4.45. The topological polar surface area (TPSA) is 91.3 Å². The number of fused-ring (bicyclic) bond motifs is 3. The lowest BCUT2D eigenvalue weighted by molar-refractivity contribution is 0.0963. The van der Waals surface area contributed by atoms with Crippen LogP contribution in [0.15, 0.2) is 71.9 Å². The second-order valence-corrected chi connectivity index (χ2v) is 8.83. The third kappa shape index (κ3) is 4.88. The van der Waals surface area contributed by atoms with Crippen molar-refractivity contribution in [3.8, 4) is 11.3 Å². The monoisotopic (exact) mass is 514 g/mol. The maximum atomic E-state index is 15.2. The number of rotatable bonds is 6. The number of nitrogens with zero attached hydrogens (tertiary/aromatic N) is 3. The van der Waals surface area contributed by atoms with Gasteiger partial charge in [-0.25, -0.2) is 14.4 Å². The van der Waals surface area contributed by atoms with Crippen LogP contribution in [0.1, 0.15) is 34.0 Å². The number of nitrogens with one attached hydrogen (secondary N) is 3. The molecular formula is C28H24ClFN6O. The van der Waals surface area contributed by atoms with Gasteiger partial charge >= 0.3 is 0 Å². The number of aliphatic imine (C=N–C) groups is 1. The van der Waals surface area contributed by atoms with E-state index in [-0.39, 0.29) is 18.3 Å². The summed E-state index contributed by atoms with van der Waals surface area (Å²) in [5, 5.41) is 9.54. The van der Waals surface area contributed by atoms with E-state index in [1.54, 1.807) is 55.7 Å². The van der Waals surface area contributed by atoms with Gasteiger partial charge in [0.05, 0.1) is 23.5 Å². The van der Waals surface area contributed by atoms with Crippen molar-refractivity contribution < 1.29 is 9.18 Å². The highest BCUT2D eigenvalue weighted by molar-refractivity contribution is 6.32. The Morgan fingerprint density at radius 3 is 2.65 bits per heavy atom. The van der Waals surface area contributed by atoms with E-state index in [0.29, 0.717) is 51.3 Å². The first-order valence-electron chi connectivity index (χ1n) is 11.8. The van der Waals surface area contributed by atoms with Gasteiger partial charge in [-0.3, -0.25) is 9.79 Å². The maximum Gasteiger partial charge on any atom is 0.251 e. The number of aromatic nitrogens is 2. The first kappa shape index (κ1) is 24.4. The van der Waals surface area contributed by atoms with Crippen LogP contribution < -0.4 is 16.0 Å². The van der Waals surface area contributed by atoms with E-state index < -0.39 is 0 Å². The number of benzene rings is 3. The van der Waals surface area contributed by atoms with E-state index in [1.807, 2.05) is 19.1 Å². The average molecular weight is 515 g/mol. The van der Waals surface area contributed by atoms with E-state index in [0.717, 1.165) is 16.8 Å². The van der Waals surface area contributed by atoms with Crippen LogP contribution in [-0.2, 0) is 6.54 Å². The molecule has 4 aromatic rings. The Bertz CT molecular complexity index is 1520. The normalized spacial score (nSPS) is 12.1. The summed E-state index contributed by atoms with van der Waals surface area (Å²) in [6, 6.07) is 17.4. The Hall–Kier alpha value is -4.30. The van der Waals surface area contributed by atoms with Crippen molar-refractivity contribution in [2.24, 2.45) is 4.99 Å². The Balaban J connectivity index is 1.57. The summed E-state index contributed by atoms with van der Waals surface area (Å²) < 4.78 is 15.2. The van der Waals surface area contributed by atoms with Gasteiger partial charge in [0.1, 0.15) is 5.82 Å². The first-order chi connectivity index (χ1) is 18.0. The van der Waals surface area contributed by atoms with E-state index in [9.17, 15) is 4.79 Å². The summed E-state index contributed by atoms with van der Waals surface area (Å²) >= 11 is 6.40. The highest BCUT2D eigenvalue weighted by Crippen LogP contribution is 2.35. The van der Waals surface area contributed by atoms with Crippen molar-refractivity contribution in [1.82, 2.24) is 15.3 Å². The number of amides is 1. The molecule has 7 nitrogen and oxygen atoms in total. The van der Waals surface area contributed by atoms with Gasteiger partial charge in [-0.15, -0.1) is 0 Å². The lowest BCUT2D eigenvalue weighted by atomic mass is 9.94. The average Bonchev–Trinajstić information content (AvgIpc) is 3.05. The van der Waals surface area contributed by atoms with Gasteiger partial charge < -0.3 is 16.0 Å². The minimum atomic E-state index is -0.372. The Kier molecular flexibility index (Phi) is 6.83. The lowest BCUT2D eigenvalue weighted by Crippen LogP contribution is -2.17. The van der Waals surface area contributed by atoms with Gasteiger partial charge in [0.2, 0.25) is 5.95 Å². The van der Waals surface area contributed by atoms with E-state index in [4.69, 9.17) is 21.6 Å². The molecule has 3 aromatic carbocycles. The molecule has 3 N–H and O–H groups in total. The first-order valence-corrected chi connectivity index (χ1v) is 12.2. The molecule has 0 unspecified atom stereocenters. The van der Waals surface area contributed by atoms with Crippen LogP contribution in [-0.4, -0.2) is 35.2 Å². The molecule has 186 valence electrons. The van der Waals surface area contributed by atoms with Crippen molar-refractivity contribution in [3.63, 3.8) is 0 Å². The largest absolute Gasteiger partial charge is 0.385 e. The zero-order valence-corrected chi connectivity index (χ0v) is 21.0. The molecular weight excluding hydrogens is 491 g/mol. The van der Waals surface area contributed by atoms with Crippen LogP contribution >= 0.6 is 11.6 Å². The third-order valence-corrected chi connectivity index (χ3v) is 6.25. The predicted molar refractivity (Wildman–Crippen MR) is 145 cm³/mol. The standard InChI is InChI=1S/C28H24ClFN6O/c1-3-32-23-6-4-5-22(30)24(23)26-21-13-18(29)9-12-20(21)25-17(14-33-26)15-34-28(36-25)35-19-10-7-16(8-11-19)27(37)31-2/h4-13,15,32H,3,14H2,1-2H3,(H,31,37)(H,34,35,36). The number of halogens is 2. The van der Waals surface area contributed by atoms with E-state index in [1.165, 1.54) is 6.07 Å². The second-order valence-electron chi connectivity index (χ2n) is 8.40. The van der Waals surface area contributed by atoms with Crippen LogP contribution in [0, 0.1) is 5.82 Å². The van der Waals surface area contributed by atoms with Gasteiger partial charge in [0.15, 0.2) is 0 Å². The zero-order chi connectivity index (χ0) is 25.9. The molecule has 1 aromatic heterocycles. The molecule has 0 spiro atoms. The van der Waals surface area contributed by atoms with Crippen molar-refractivity contribution in [3.05, 3.63) is 100.0 Å². The molecule has 5 rings (SSSR count). The van der Waals surface area contributed by atoms with Gasteiger partial charge in [0.25, 0.3) is 5.91 Å². The number of carbonyl (C=O) groups is 1. The van der Waals surface area contributed by atoms with E-state index in [2.05, 4.69) is 20.9 Å². The van der Waals surface area contributed by atoms with Crippen LogP contribution in [0.3, 0.4) is 0 Å². The minimum absolute atomic E-state index is 0.161. The van der Waals surface area contributed by atoms with Gasteiger partial charge in [0, 0.05) is 58.4 Å². The Morgan fingerprint density at radius 1 is 1.08 bits per heavy atom. The van der Waals surface area contributed by atoms with Crippen LogP contribution in [0.5, 0.6) is 0 Å². The summed E-state index contributed by atoms with van der Waals surface area (Å²) in [6.45, 7) is 2.87. The van der Waals surface area contributed by atoms with Crippen molar-refractivity contribution in [2.75, 3.05) is 24.2 Å². The van der Waals surface area contributed by atoms with Gasteiger partial charge in [-0.1, -0.05) is 23.7 Å². The van der Waals surface area contributed by atoms with Crippen molar-refractivity contribution in [2.45, 2.75) is 13.5 Å². The van der Waals surface area contributed by atoms with E-state index >= 15 is 4.39 Å². The van der Waals surface area contributed by atoms with Gasteiger partial charge in [-0.2, -0.15) is 0 Å². The molecule has 1 amide bonds. The molecule has 9 heteroatoms. The Labute approximate surface area is 218 Å². The molecule has 0 atom stereocenters. The summed E-state index contributed by atoms with van der Waals surface area (Å²) in [5.41, 5.74) is 5.80. The maximum absolute atomic E-state index is 15.2. The van der Waals surface area contributed by atoms with Crippen LogP contribution in [0.4, 0.5) is 21.7 Å². The summed E-state index contributed by atoms with van der Waals surface area (Å²) in [4.78, 5) is 25.9. The van der Waals surface area contributed by atoms with Gasteiger partial charge in [-0.05, 0) is 55.5 Å². The van der Waals surface area contributed by atoms with Crippen LogP contribution in [0.25, 0.3) is 11.3 Å². The number of hydrogen-bond donors (Lipinski definition) is 3. The molecule has 0 saturated heterocycles. The highest BCUT2D eigenvalue weighted by Gasteiger charge is 2.25. The fraction of sp³-hybridized carbons (Fsp3) is 0.143. The second kappa shape index (κ2) is 10.4. The quantitative estimate of drug-likeness (QED) is 0.301. The third-order valence-electron chi connectivity index (χ3n) is 6.01. The van der Waals surface area contributed by atoms with Crippen LogP contribution in [0.2, 0.25) is 5.02 Å². The smallest absolute Gasteiger partial charge is 0.251 e. The van der Waals surface area contributed by atoms with Crippen molar-refractivity contribution in [1.29, 1.82) is 0 Å². The zero-order valence-electron chi connectivity index (χ0n) is 20.3. The summed E-state index contributed by atoms with van der Waals surface area (Å²) in [6.07, 6.45) is 1.72.